The zero-order chi connectivity index (χ0) is 12.1. The van der Waals surface area contributed by atoms with Crippen molar-refractivity contribution in [2.75, 3.05) is 13.6 Å². The predicted molar refractivity (Wildman–Crippen MR) is 68.9 cm³/mol. The van der Waals surface area contributed by atoms with Gasteiger partial charge in [0.05, 0.1) is 11.2 Å². The van der Waals surface area contributed by atoms with Crippen molar-refractivity contribution in [3.05, 3.63) is 52.2 Å². The average molecular weight is 250 g/mol. The van der Waals surface area contributed by atoms with Crippen molar-refractivity contribution in [3.8, 4) is 0 Å². The van der Waals surface area contributed by atoms with Gasteiger partial charge >= 0.3 is 0 Å². The van der Waals surface area contributed by atoms with Crippen molar-refractivity contribution in [3.63, 3.8) is 0 Å². The molecular formula is C13H15FN2S. The Kier molecular flexibility index (Phi) is 4.23. The molecular weight excluding hydrogens is 235 g/mol. The van der Waals surface area contributed by atoms with Crippen LogP contribution in [-0.2, 0) is 6.42 Å². The Labute approximate surface area is 105 Å². The van der Waals surface area contributed by atoms with Gasteiger partial charge in [-0.05, 0) is 31.2 Å². The number of thiazole rings is 1. The van der Waals surface area contributed by atoms with Gasteiger partial charge in [0.2, 0.25) is 0 Å². The molecule has 0 aliphatic heterocycles. The predicted octanol–water partition coefficient (Wildman–Crippen LogP) is 2.83. The molecule has 0 aliphatic rings. The van der Waals surface area contributed by atoms with Crippen LogP contribution in [0.2, 0.25) is 0 Å². The molecule has 0 radical (unpaired) electrons. The molecule has 1 atom stereocenters. The summed E-state index contributed by atoms with van der Waals surface area (Å²) in [6.07, 6.45) is 0.885. The largest absolute Gasteiger partial charge is 0.319 e. The molecule has 17 heavy (non-hydrogen) atoms. The molecule has 1 unspecified atom stereocenters. The summed E-state index contributed by atoms with van der Waals surface area (Å²) in [7, 11) is 1.93. The first kappa shape index (κ1) is 12.2. The second-order valence-electron chi connectivity index (χ2n) is 3.99. The molecule has 1 aromatic heterocycles. The maximum Gasteiger partial charge on any atom is 0.123 e. The van der Waals surface area contributed by atoms with Crippen molar-refractivity contribution in [1.82, 2.24) is 10.3 Å². The number of likely N-dealkylation sites (N-methyl/N-ethyl adjacent to an activating group) is 1. The standard InChI is InChI=1S/C13H15FN2S/c1-15-7-11(6-13-8-17-9-16-13)10-2-4-12(14)5-3-10/h2-5,8-9,11,15H,6-7H2,1H3. The molecule has 2 rings (SSSR count). The Bertz CT molecular complexity index is 439. The van der Waals surface area contributed by atoms with E-state index in [2.05, 4.69) is 15.7 Å². The summed E-state index contributed by atoms with van der Waals surface area (Å²) < 4.78 is 12.9. The molecule has 1 heterocycles. The quantitative estimate of drug-likeness (QED) is 0.882. The Morgan fingerprint density at radius 3 is 2.71 bits per heavy atom. The molecule has 1 aromatic carbocycles. The number of nitrogens with zero attached hydrogens (tertiary/aromatic N) is 1. The van der Waals surface area contributed by atoms with Crippen LogP contribution in [0.25, 0.3) is 0 Å². The molecule has 0 saturated heterocycles. The highest BCUT2D eigenvalue weighted by atomic mass is 32.1. The van der Waals surface area contributed by atoms with E-state index in [4.69, 9.17) is 0 Å². The first-order valence-electron chi connectivity index (χ1n) is 5.56. The van der Waals surface area contributed by atoms with Crippen molar-refractivity contribution in [2.24, 2.45) is 0 Å². The summed E-state index contributed by atoms with van der Waals surface area (Å²) in [5.41, 5.74) is 4.09. The Morgan fingerprint density at radius 1 is 1.35 bits per heavy atom. The fraction of sp³-hybridized carbons (Fsp3) is 0.308. The molecule has 0 amide bonds. The van der Waals surface area contributed by atoms with Crippen molar-refractivity contribution >= 4 is 11.3 Å². The van der Waals surface area contributed by atoms with Gasteiger partial charge in [0.25, 0.3) is 0 Å². The monoisotopic (exact) mass is 250 g/mol. The molecule has 0 spiro atoms. The summed E-state index contributed by atoms with van der Waals surface area (Å²) in [5.74, 6) is 0.147. The third-order valence-electron chi connectivity index (χ3n) is 2.73. The lowest BCUT2D eigenvalue weighted by atomic mass is 9.94. The van der Waals surface area contributed by atoms with Gasteiger partial charge in [0.15, 0.2) is 0 Å². The van der Waals surface area contributed by atoms with Gasteiger partial charge < -0.3 is 5.32 Å². The lowest BCUT2D eigenvalue weighted by Crippen LogP contribution is -2.19. The van der Waals surface area contributed by atoms with Crippen molar-refractivity contribution in [1.29, 1.82) is 0 Å². The van der Waals surface area contributed by atoms with Crippen LogP contribution in [0, 0.1) is 5.82 Å². The van der Waals surface area contributed by atoms with Gasteiger partial charge in [-0.2, -0.15) is 0 Å². The fourth-order valence-electron chi connectivity index (χ4n) is 1.88. The fourth-order valence-corrected chi connectivity index (χ4v) is 2.45. The van der Waals surface area contributed by atoms with Crippen LogP contribution < -0.4 is 5.32 Å². The number of rotatable bonds is 5. The molecule has 1 N–H and O–H groups in total. The summed E-state index contributed by atoms with van der Waals surface area (Å²) >= 11 is 1.61. The van der Waals surface area contributed by atoms with Crippen LogP contribution in [0.15, 0.2) is 35.2 Å². The summed E-state index contributed by atoms with van der Waals surface area (Å²) in [4.78, 5) is 4.30. The van der Waals surface area contributed by atoms with Gasteiger partial charge in [-0.25, -0.2) is 9.37 Å². The van der Waals surface area contributed by atoms with E-state index >= 15 is 0 Å². The maximum atomic E-state index is 12.9. The number of benzene rings is 1. The number of hydrogen-bond acceptors (Lipinski definition) is 3. The second kappa shape index (κ2) is 5.89. The highest BCUT2D eigenvalue weighted by Gasteiger charge is 2.12. The normalized spacial score (nSPS) is 12.6. The first-order valence-corrected chi connectivity index (χ1v) is 6.51. The van der Waals surface area contributed by atoms with Gasteiger partial charge in [-0.3, -0.25) is 0 Å². The van der Waals surface area contributed by atoms with Gasteiger partial charge in [0, 0.05) is 17.8 Å². The van der Waals surface area contributed by atoms with E-state index in [0.29, 0.717) is 5.92 Å². The average Bonchev–Trinajstić information content (AvgIpc) is 2.82. The van der Waals surface area contributed by atoms with Crippen LogP contribution in [0.4, 0.5) is 4.39 Å². The highest BCUT2D eigenvalue weighted by Crippen LogP contribution is 2.20. The van der Waals surface area contributed by atoms with E-state index in [0.717, 1.165) is 24.2 Å². The van der Waals surface area contributed by atoms with Crippen LogP contribution in [0.3, 0.4) is 0 Å². The molecule has 2 nitrogen and oxygen atoms in total. The van der Waals surface area contributed by atoms with E-state index in [9.17, 15) is 4.39 Å². The second-order valence-corrected chi connectivity index (χ2v) is 4.71. The van der Waals surface area contributed by atoms with Crippen LogP contribution in [-0.4, -0.2) is 18.6 Å². The van der Waals surface area contributed by atoms with Crippen LogP contribution in [0.1, 0.15) is 17.2 Å². The first-order chi connectivity index (χ1) is 8.29. The molecule has 2 aromatic rings. The van der Waals surface area contributed by atoms with Crippen molar-refractivity contribution in [2.45, 2.75) is 12.3 Å². The number of aromatic nitrogens is 1. The molecule has 0 saturated carbocycles. The topological polar surface area (TPSA) is 24.9 Å². The molecule has 90 valence electrons. The lowest BCUT2D eigenvalue weighted by molar-refractivity contribution is 0.608. The maximum absolute atomic E-state index is 12.9. The molecule has 0 bridgehead atoms. The van der Waals surface area contributed by atoms with E-state index in [1.807, 2.05) is 24.7 Å². The zero-order valence-electron chi connectivity index (χ0n) is 9.69. The number of nitrogens with one attached hydrogen (secondary N) is 1. The van der Waals surface area contributed by atoms with Crippen LogP contribution >= 0.6 is 11.3 Å². The summed E-state index contributed by atoms with van der Waals surface area (Å²) in [6.45, 7) is 0.864. The number of halogens is 1. The lowest BCUT2D eigenvalue weighted by Gasteiger charge is -2.15. The summed E-state index contributed by atoms with van der Waals surface area (Å²) in [5, 5.41) is 5.24. The highest BCUT2D eigenvalue weighted by molar-refractivity contribution is 7.07. The van der Waals surface area contributed by atoms with Gasteiger partial charge in [-0.15, -0.1) is 11.3 Å². The third kappa shape index (κ3) is 3.35. The Balaban J connectivity index is 2.13. The van der Waals surface area contributed by atoms with Gasteiger partial charge in [0.1, 0.15) is 5.82 Å². The smallest absolute Gasteiger partial charge is 0.123 e. The van der Waals surface area contributed by atoms with Gasteiger partial charge in [-0.1, -0.05) is 12.1 Å². The van der Waals surface area contributed by atoms with Crippen LogP contribution in [0.5, 0.6) is 0 Å². The van der Waals surface area contributed by atoms with E-state index < -0.39 is 0 Å². The molecule has 0 fully saturated rings. The third-order valence-corrected chi connectivity index (χ3v) is 3.37. The number of hydrogen-bond donors (Lipinski definition) is 1. The minimum atomic E-state index is -0.189. The SMILES string of the molecule is CNCC(Cc1cscn1)c1ccc(F)cc1. The molecule has 0 aliphatic carbocycles. The molecule has 4 heteroatoms. The van der Waals surface area contributed by atoms with E-state index in [1.54, 1.807) is 11.3 Å². The minimum absolute atomic E-state index is 0.189. The minimum Gasteiger partial charge on any atom is -0.319 e. The van der Waals surface area contributed by atoms with Crippen molar-refractivity contribution < 1.29 is 4.39 Å². The Morgan fingerprint density at radius 2 is 2.12 bits per heavy atom. The van der Waals surface area contributed by atoms with E-state index in [-0.39, 0.29) is 5.82 Å². The Hall–Kier alpha value is -1.26. The van der Waals surface area contributed by atoms with E-state index in [1.165, 1.54) is 12.1 Å². The zero-order valence-corrected chi connectivity index (χ0v) is 10.5. The summed E-state index contributed by atoms with van der Waals surface area (Å²) in [6, 6.07) is 6.73.